The van der Waals surface area contributed by atoms with Gasteiger partial charge in [-0.2, -0.15) is 0 Å². The maximum Gasteiger partial charge on any atom is 0.131 e. The first-order chi connectivity index (χ1) is 10.9. The van der Waals surface area contributed by atoms with Crippen molar-refractivity contribution in [2.75, 3.05) is 7.11 Å². The monoisotopic (exact) mass is 288 g/mol. The van der Waals surface area contributed by atoms with Crippen molar-refractivity contribution in [3.05, 3.63) is 89.5 Å². The molecule has 3 aromatic rings. The van der Waals surface area contributed by atoms with Crippen LogP contribution in [0.2, 0.25) is 0 Å². The Kier molecular flexibility index (Phi) is 3.08. The van der Waals surface area contributed by atoms with E-state index >= 15 is 0 Å². The van der Waals surface area contributed by atoms with Gasteiger partial charge in [0.2, 0.25) is 0 Å². The van der Waals surface area contributed by atoms with Crippen LogP contribution in [0, 0.1) is 0 Å². The molecule has 0 aromatic heterocycles. The highest BCUT2D eigenvalue weighted by molar-refractivity contribution is 5.60. The summed E-state index contributed by atoms with van der Waals surface area (Å²) in [7, 11) is 1.72. The van der Waals surface area contributed by atoms with Crippen molar-refractivity contribution in [3.8, 4) is 17.2 Å². The summed E-state index contributed by atoms with van der Waals surface area (Å²) in [5, 5.41) is 0. The van der Waals surface area contributed by atoms with E-state index in [1.54, 1.807) is 7.11 Å². The Morgan fingerprint density at radius 2 is 1.18 bits per heavy atom. The van der Waals surface area contributed by atoms with Crippen LogP contribution in [0.5, 0.6) is 17.2 Å². The Bertz CT molecular complexity index is 778. The van der Waals surface area contributed by atoms with Gasteiger partial charge in [0, 0.05) is 22.6 Å². The summed E-state index contributed by atoms with van der Waals surface area (Å²) in [6.45, 7) is 0. The Morgan fingerprint density at radius 1 is 0.682 bits per heavy atom. The second-order valence-corrected chi connectivity index (χ2v) is 5.35. The average molecular weight is 288 g/mol. The van der Waals surface area contributed by atoms with Gasteiger partial charge in [0.05, 0.1) is 7.11 Å². The smallest absolute Gasteiger partial charge is 0.131 e. The van der Waals surface area contributed by atoms with Gasteiger partial charge in [-0.3, -0.25) is 0 Å². The van der Waals surface area contributed by atoms with Crippen LogP contribution < -0.4 is 9.47 Å². The molecule has 1 aliphatic heterocycles. The Morgan fingerprint density at radius 3 is 1.77 bits per heavy atom. The minimum atomic E-state index is 0.122. The van der Waals surface area contributed by atoms with E-state index in [9.17, 15) is 0 Å². The Hall–Kier alpha value is -2.74. The van der Waals surface area contributed by atoms with E-state index in [4.69, 9.17) is 9.47 Å². The minimum absolute atomic E-state index is 0.122. The molecule has 4 rings (SSSR count). The molecule has 108 valence electrons. The lowest BCUT2D eigenvalue weighted by molar-refractivity contribution is 0.405. The van der Waals surface area contributed by atoms with Crippen molar-refractivity contribution in [1.82, 2.24) is 0 Å². The first kappa shape index (κ1) is 13.0. The van der Waals surface area contributed by atoms with E-state index in [1.165, 1.54) is 11.1 Å². The second-order valence-electron chi connectivity index (χ2n) is 5.35. The molecule has 2 heteroatoms. The fourth-order valence-electron chi connectivity index (χ4n) is 3.15. The Balaban J connectivity index is 1.99. The zero-order chi connectivity index (χ0) is 14.9. The third-order valence-electron chi connectivity index (χ3n) is 4.13. The fourth-order valence-corrected chi connectivity index (χ4v) is 3.15. The molecule has 1 heterocycles. The highest BCUT2D eigenvalue weighted by atomic mass is 16.5. The lowest BCUT2D eigenvalue weighted by Crippen LogP contribution is -2.12. The van der Waals surface area contributed by atoms with E-state index in [1.807, 2.05) is 36.4 Å². The second kappa shape index (κ2) is 5.23. The summed E-state index contributed by atoms with van der Waals surface area (Å²) in [6.07, 6.45) is 0. The SMILES string of the molecule is COc1ccccc1C1c2ccccc2Oc2ccccc21. The maximum atomic E-state index is 6.06. The molecule has 0 unspecified atom stereocenters. The zero-order valence-corrected chi connectivity index (χ0v) is 12.3. The van der Waals surface area contributed by atoms with Gasteiger partial charge in [0.15, 0.2) is 0 Å². The number of rotatable bonds is 2. The predicted octanol–water partition coefficient (Wildman–Crippen LogP) is 4.98. The van der Waals surface area contributed by atoms with Crippen LogP contribution in [0.25, 0.3) is 0 Å². The van der Waals surface area contributed by atoms with E-state index in [-0.39, 0.29) is 5.92 Å². The summed E-state index contributed by atoms with van der Waals surface area (Å²) in [5.41, 5.74) is 3.50. The molecule has 0 bridgehead atoms. The normalized spacial score (nSPS) is 13.0. The van der Waals surface area contributed by atoms with Crippen LogP contribution in [-0.2, 0) is 0 Å². The van der Waals surface area contributed by atoms with Crippen LogP contribution in [0.4, 0.5) is 0 Å². The lowest BCUT2D eigenvalue weighted by Gasteiger charge is -2.29. The van der Waals surface area contributed by atoms with E-state index in [0.717, 1.165) is 22.8 Å². The summed E-state index contributed by atoms with van der Waals surface area (Å²) < 4.78 is 11.6. The Labute approximate surface area is 129 Å². The molecule has 0 aliphatic carbocycles. The number of benzene rings is 3. The minimum Gasteiger partial charge on any atom is -0.496 e. The number of hydrogen-bond donors (Lipinski definition) is 0. The van der Waals surface area contributed by atoms with Gasteiger partial charge < -0.3 is 9.47 Å². The standard InChI is InChI=1S/C20H16O2/c1-21-17-11-5-2-8-14(17)20-15-9-3-6-12-18(15)22-19-13-7-4-10-16(19)20/h2-13,20H,1H3. The molecule has 0 saturated carbocycles. The number of fused-ring (bicyclic) bond motifs is 2. The molecule has 1 aliphatic rings. The molecular formula is C20H16O2. The number of methoxy groups -OCH3 is 1. The zero-order valence-electron chi connectivity index (χ0n) is 12.3. The van der Waals surface area contributed by atoms with Crippen molar-refractivity contribution in [3.63, 3.8) is 0 Å². The molecule has 22 heavy (non-hydrogen) atoms. The summed E-state index contributed by atoms with van der Waals surface area (Å²) >= 11 is 0. The third-order valence-corrected chi connectivity index (χ3v) is 4.13. The van der Waals surface area contributed by atoms with Crippen LogP contribution >= 0.6 is 0 Å². The maximum absolute atomic E-state index is 6.06. The van der Waals surface area contributed by atoms with Crippen molar-refractivity contribution >= 4 is 0 Å². The first-order valence-corrected chi connectivity index (χ1v) is 7.37. The molecule has 3 aromatic carbocycles. The van der Waals surface area contributed by atoms with E-state index in [2.05, 4.69) is 36.4 Å². The quantitative estimate of drug-likeness (QED) is 0.518. The molecule has 0 fully saturated rings. The molecule has 0 spiro atoms. The van der Waals surface area contributed by atoms with Crippen LogP contribution in [-0.4, -0.2) is 7.11 Å². The van der Waals surface area contributed by atoms with Gasteiger partial charge in [0.25, 0.3) is 0 Å². The molecule has 0 N–H and O–H groups in total. The van der Waals surface area contributed by atoms with Gasteiger partial charge in [-0.05, 0) is 18.2 Å². The van der Waals surface area contributed by atoms with Gasteiger partial charge >= 0.3 is 0 Å². The van der Waals surface area contributed by atoms with E-state index < -0.39 is 0 Å². The summed E-state index contributed by atoms with van der Waals surface area (Å²) in [4.78, 5) is 0. The van der Waals surface area contributed by atoms with Gasteiger partial charge in [-0.1, -0.05) is 54.6 Å². The summed E-state index contributed by atoms with van der Waals surface area (Å²) in [6, 6.07) is 24.6. The highest BCUT2D eigenvalue weighted by Gasteiger charge is 2.29. The average Bonchev–Trinajstić information content (AvgIpc) is 2.59. The largest absolute Gasteiger partial charge is 0.496 e. The first-order valence-electron chi connectivity index (χ1n) is 7.37. The lowest BCUT2D eigenvalue weighted by atomic mass is 9.82. The van der Waals surface area contributed by atoms with Crippen molar-refractivity contribution < 1.29 is 9.47 Å². The number of ether oxygens (including phenoxy) is 2. The topological polar surface area (TPSA) is 18.5 Å². The van der Waals surface area contributed by atoms with Crippen molar-refractivity contribution in [2.24, 2.45) is 0 Å². The van der Waals surface area contributed by atoms with Crippen molar-refractivity contribution in [1.29, 1.82) is 0 Å². The molecule has 0 atom stereocenters. The van der Waals surface area contributed by atoms with Gasteiger partial charge in [-0.25, -0.2) is 0 Å². The third kappa shape index (κ3) is 1.96. The van der Waals surface area contributed by atoms with Crippen LogP contribution in [0.3, 0.4) is 0 Å². The molecule has 2 nitrogen and oxygen atoms in total. The molecule has 0 amide bonds. The van der Waals surface area contributed by atoms with Gasteiger partial charge in [0.1, 0.15) is 17.2 Å². The molecular weight excluding hydrogens is 272 g/mol. The fraction of sp³-hybridized carbons (Fsp3) is 0.100. The van der Waals surface area contributed by atoms with Crippen LogP contribution in [0.1, 0.15) is 22.6 Å². The van der Waals surface area contributed by atoms with Crippen molar-refractivity contribution in [2.45, 2.75) is 5.92 Å². The molecule has 0 radical (unpaired) electrons. The van der Waals surface area contributed by atoms with E-state index in [0.29, 0.717) is 0 Å². The van der Waals surface area contributed by atoms with Crippen LogP contribution in [0.15, 0.2) is 72.8 Å². The molecule has 0 saturated heterocycles. The number of para-hydroxylation sites is 3. The van der Waals surface area contributed by atoms with Gasteiger partial charge in [-0.15, -0.1) is 0 Å². The predicted molar refractivity (Wildman–Crippen MR) is 86.9 cm³/mol. The highest BCUT2D eigenvalue weighted by Crippen LogP contribution is 2.48. The number of hydrogen-bond acceptors (Lipinski definition) is 2. The summed E-state index contributed by atoms with van der Waals surface area (Å²) in [5.74, 6) is 2.85.